The largest absolute Gasteiger partial charge is 0.465 e. The molecule has 1 aliphatic heterocycles. The first-order chi connectivity index (χ1) is 16.8. The van der Waals surface area contributed by atoms with Crippen molar-refractivity contribution < 1.29 is 19.5 Å². The summed E-state index contributed by atoms with van der Waals surface area (Å²) >= 11 is 0. The van der Waals surface area contributed by atoms with E-state index in [-0.39, 0.29) is 11.8 Å². The molecule has 3 N–H and O–H groups in total. The van der Waals surface area contributed by atoms with E-state index in [9.17, 15) is 14.4 Å². The van der Waals surface area contributed by atoms with E-state index < -0.39 is 6.09 Å². The zero-order valence-corrected chi connectivity index (χ0v) is 23.5. The number of carbonyl (C=O) groups is 3. The van der Waals surface area contributed by atoms with Gasteiger partial charge in [0.15, 0.2) is 0 Å². The summed E-state index contributed by atoms with van der Waals surface area (Å²) in [6, 6.07) is 0. The van der Waals surface area contributed by atoms with Gasteiger partial charge in [-0.05, 0) is 39.9 Å². The summed E-state index contributed by atoms with van der Waals surface area (Å²) in [5.41, 5.74) is 5.11. The van der Waals surface area contributed by atoms with Crippen LogP contribution >= 0.6 is 0 Å². The number of hydrogen-bond acceptors (Lipinski definition) is 4. The molecule has 208 valence electrons. The fourth-order valence-corrected chi connectivity index (χ4v) is 3.97. The van der Waals surface area contributed by atoms with Gasteiger partial charge in [-0.15, -0.1) is 0 Å². The molecule has 1 saturated heterocycles. The third-order valence-corrected chi connectivity index (χ3v) is 6.00. The zero-order chi connectivity index (χ0) is 26.7. The van der Waals surface area contributed by atoms with Crippen LogP contribution in [0.4, 0.5) is 4.79 Å². The van der Waals surface area contributed by atoms with E-state index in [1.165, 1.54) is 103 Å². The molecule has 7 heteroatoms. The fourth-order valence-electron chi connectivity index (χ4n) is 3.97. The lowest BCUT2D eigenvalue weighted by Gasteiger charge is -2.05. The van der Waals surface area contributed by atoms with Gasteiger partial charge in [-0.1, -0.05) is 104 Å². The van der Waals surface area contributed by atoms with Crippen LogP contribution in [0.25, 0.3) is 0 Å². The Morgan fingerprint density at radius 3 is 1.46 bits per heavy atom. The molecule has 0 radical (unpaired) electrons. The summed E-state index contributed by atoms with van der Waals surface area (Å²) in [5.74, 6) is -0.429. The minimum atomic E-state index is -1.13. The quantitative estimate of drug-likeness (QED) is 0.198. The van der Waals surface area contributed by atoms with Crippen molar-refractivity contribution in [3.8, 4) is 0 Å². The number of primary amides is 1. The number of likely N-dealkylation sites (tertiary alicyclic amines) is 1. The van der Waals surface area contributed by atoms with Gasteiger partial charge in [0.25, 0.3) is 0 Å². The first-order valence-corrected chi connectivity index (χ1v) is 14.2. The van der Waals surface area contributed by atoms with Gasteiger partial charge in [0, 0.05) is 19.4 Å². The molecule has 0 aromatic carbocycles. The molecule has 0 atom stereocenters. The number of nitrogens with zero attached hydrogens (tertiary/aromatic N) is 2. The van der Waals surface area contributed by atoms with E-state index in [0.29, 0.717) is 25.8 Å². The molecule has 0 unspecified atom stereocenters. The van der Waals surface area contributed by atoms with Gasteiger partial charge in [0.05, 0.1) is 0 Å². The Labute approximate surface area is 216 Å². The highest BCUT2D eigenvalue weighted by Crippen LogP contribution is 2.13. The van der Waals surface area contributed by atoms with Gasteiger partial charge in [-0.3, -0.25) is 9.59 Å². The molecule has 0 aromatic rings. The van der Waals surface area contributed by atoms with Gasteiger partial charge in [-0.2, -0.15) is 0 Å². The molecule has 0 aromatic heterocycles. The Bertz CT molecular complexity index is 512. The van der Waals surface area contributed by atoms with Crippen molar-refractivity contribution in [1.82, 2.24) is 9.80 Å². The number of amides is 3. The van der Waals surface area contributed by atoms with Crippen molar-refractivity contribution in [3.05, 3.63) is 0 Å². The molecule has 0 spiro atoms. The van der Waals surface area contributed by atoms with Crippen LogP contribution in [0, 0.1) is 0 Å². The van der Waals surface area contributed by atoms with Crippen molar-refractivity contribution in [3.63, 3.8) is 0 Å². The predicted molar refractivity (Wildman–Crippen MR) is 147 cm³/mol. The zero-order valence-electron chi connectivity index (χ0n) is 23.5. The van der Waals surface area contributed by atoms with Gasteiger partial charge < -0.3 is 15.7 Å². The molecule has 1 fully saturated rings. The maximum atomic E-state index is 10.6. The first kappa shape index (κ1) is 35.5. The first-order valence-electron chi connectivity index (χ1n) is 14.2. The topological polar surface area (TPSA) is 104 Å². The Kier molecular flexibility index (Phi) is 27.4. The van der Waals surface area contributed by atoms with Crippen LogP contribution in [0.2, 0.25) is 0 Å². The lowest BCUT2D eigenvalue weighted by Crippen LogP contribution is -2.29. The number of nitrogens with two attached hydrogens (primary N) is 1. The summed E-state index contributed by atoms with van der Waals surface area (Å²) < 4.78 is 0. The second-order valence-electron chi connectivity index (χ2n) is 9.90. The summed E-state index contributed by atoms with van der Waals surface area (Å²) in [5, 5.41) is 8.29. The second-order valence-corrected chi connectivity index (χ2v) is 9.90. The molecular formula is C28H57N3O4. The van der Waals surface area contributed by atoms with Crippen LogP contribution in [0.5, 0.6) is 0 Å². The Balaban J connectivity index is 0. The highest BCUT2D eigenvalue weighted by molar-refractivity contribution is 5.92. The molecule has 7 nitrogen and oxygen atoms in total. The molecule has 0 aliphatic carbocycles. The lowest BCUT2D eigenvalue weighted by atomic mass is 10.0. The van der Waals surface area contributed by atoms with Crippen LogP contribution in [0.1, 0.15) is 136 Å². The average molecular weight is 500 g/mol. The molecule has 0 bridgehead atoms. The van der Waals surface area contributed by atoms with E-state index in [2.05, 4.69) is 32.8 Å². The van der Waals surface area contributed by atoms with E-state index >= 15 is 0 Å². The van der Waals surface area contributed by atoms with Crippen LogP contribution in [-0.2, 0) is 9.59 Å². The Hall–Kier alpha value is -1.63. The monoisotopic (exact) mass is 499 g/mol. The lowest BCUT2D eigenvalue weighted by molar-refractivity contribution is -0.126. The number of hydrogen-bond donors (Lipinski definition) is 2. The second kappa shape index (κ2) is 27.0. The summed E-state index contributed by atoms with van der Waals surface area (Å²) in [7, 11) is 4.17. The number of imide groups is 1. The highest BCUT2D eigenvalue weighted by Gasteiger charge is 2.25. The fraction of sp³-hybridized carbons (Fsp3) is 0.893. The summed E-state index contributed by atoms with van der Waals surface area (Å²) in [4.78, 5) is 34.3. The minimum absolute atomic E-state index is 0.153. The van der Waals surface area contributed by atoms with Gasteiger partial charge in [-0.25, -0.2) is 9.69 Å². The van der Waals surface area contributed by atoms with Gasteiger partial charge in [0.2, 0.25) is 11.8 Å². The number of rotatable bonds is 18. The molecular weight excluding hydrogens is 442 g/mol. The Morgan fingerprint density at radius 1 is 0.800 bits per heavy atom. The minimum Gasteiger partial charge on any atom is -0.465 e. The third kappa shape index (κ3) is 28.5. The molecule has 1 heterocycles. The number of unbranched alkanes of at least 4 members (excludes halogenated alkanes) is 14. The number of carbonyl (C=O) groups excluding carboxylic acids is 2. The number of carboxylic acid groups (broad SMARTS) is 1. The van der Waals surface area contributed by atoms with Crippen molar-refractivity contribution >= 4 is 17.9 Å². The molecule has 35 heavy (non-hydrogen) atoms. The SMILES string of the molecule is CCCCCCCCCCCCCCCCCC(N)=O.CCCN(C)C.O=C(O)N1CCCC1=O. The van der Waals surface area contributed by atoms with Crippen LogP contribution < -0.4 is 5.73 Å². The maximum Gasteiger partial charge on any atom is 0.414 e. The van der Waals surface area contributed by atoms with Crippen LogP contribution in [-0.4, -0.2) is 60.0 Å². The molecule has 1 aliphatic rings. The van der Waals surface area contributed by atoms with E-state index in [0.717, 1.165) is 11.3 Å². The van der Waals surface area contributed by atoms with Gasteiger partial charge >= 0.3 is 6.09 Å². The molecule has 1 rings (SSSR count). The van der Waals surface area contributed by atoms with E-state index in [1.54, 1.807) is 0 Å². The van der Waals surface area contributed by atoms with E-state index in [4.69, 9.17) is 10.8 Å². The average Bonchev–Trinajstić information content (AvgIpc) is 3.23. The van der Waals surface area contributed by atoms with Gasteiger partial charge in [0.1, 0.15) is 0 Å². The normalized spacial score (nSPS) is 12.7. The van der Waals surface area contributed by atoms with Crippen molar-refractivity contribution in [2.45, 2.75) is 136 Å². The van der Waals surface area contributed by atoms with E-state index in [1.807, 2.05) is 0 Å². The standard InChI is InChI=1S/C18H37NO.C5H7NO3.C5H13N/c1-2-3-4-5-6-7-8-9-10-11-12-13-14-15-16-17-18(19)20;7-4-2-1-3-6(4)5(8)9;1-4-5-6(2)3/h2-17H2,1H3,(H2,19,20);1-3H2,(H,8,9);4-5H2,1-3H3. The summed E-state index contributed by atoms with van der Waals surface area (Å²) in [6.07, 6.45) is 22.1. The summed E-state index contributed by atoms with van der Waals surface area (Å²) in [6.45, 7) is 6.03. The smallest absolute Gasteiger partial charge is 0.414 e. The van der Waals surface area contributed by atoms with Crippen molar-refractivity contribution in [1.29, 1.82) is 0 Å². The molecule has 3 amide bonds. The van der Waals surface area contributed by atoms with Crippen molar-refractivity contribution in [2.75, 3.05) is 27.2 Å². The van der Waals surface area contributed by atoms with Crippen LogP contribution in [0.3, 0.4) is 0 Å². The van der Waals surface area contributed by atoms with Crippen molar-refractivity contribution in [2.24, 2.45) is 5.73 Å². The third-order valence-electron chi connectivity index (χ3n) is 6.00. The predicted octanol–water partition coefficient (Wildman–Crippen LogP) is 6.98. The van der Waals surface area contributed by atoms with Crippen LogP contribution in [0.15, 0.2) is 0 Å². The Morgan fingerprint density at radius 2 is 1.23 bits per heavy atom. The molecule has 0 saturated carbocycles. The highest BCUT2D eigenvalue weighted by atomic mass is 16.4. The maximum absolute atomic E-state index is 10.6.